The normalized spacial score (nSPS) is 14.7. The van der Waals surface area contributed by atoms with Crippen LogP contribution in [0.1, 0.15) is 34.5 Å². The van der Waals surface area contributed by atoms with Gasteiger partial charge in [-0.05, 0) is 24.6 Å². The number of piperidine rings is 1. The van der Waals surface area contributed by atoms with E-state index in [2.05, 4.69) is 4.98 Å². The van der Waals surface area contributed by atoms with E-state index in [1.165, 1.54) is 6.07 Å². The molecule has 0 N–H and O–H groups in total. The van der Waals surface area contributed by atoms with Gasteiger partial charge in [-0.3, -0.25) is 4.79 Å². The second-order valence-corrected chi connectivity index (χ2v) is 7.26. The van der Waals surface area contributed by atoms with Gasteiger partial charge in [0.25, 0.3) is 5.91 Å². The molecule has 3 aromatic rings. The highest BCUT2D eigenvalue weighted by Gasteiger charge is 2.25. The molecule has 0 aliphatic carbocycles. The van der Waals surface area contributed by atoms with E-state index in [9.17, 15) is 9.59 Å². The van der Waals surface area contributed by atoms with Crippen molar-refractivity contribution in [2.45, 2.75) is 32.4 Å². The zero-order chi connectivity index (χ0) is 20.2. The molecule has 29 heavy (non-hydrogen) atoms. The third kappa shape index (κ3) is 4.74. The van der Waals surface area contributed by atoms with Crippen molar-refractivity contribution in [2.24, 2.45) is 0 Å². The van der Waals surface area contributed by atoms with E-state index in [-0.39, 0.29) is 12.0 Å². The fourth-order valence-electron chi connectivity index (χ4n) is 3.54. The van der Waals surface area contributed by atoms with Crippen LogP contribution in [0.3, 0.4) is 0 Å². The first kappa shape index (κ1) is 19.0. The van der Waals surface area contributed by atoms with Crippen LogP contribution in [-0.2, 0) is 6.54 Å². The maximum atomic E-state index is 12.8. The number of carbonyl (C=O) groups excluding carboxylic acids is 1. The van der Waals surface area contributed by atoms with E-state index in [4.69, 9.17) is 9.15 Å². The minimum absolute atomic E-state index is 0.0159. The molecule has 1 aliphatic heterocycles. The van der Waals surface area contributed by atoms with E-state index in [1.807, 2.05) is 39.9 Å². The Labute approximate surface area is 168 Å². The Bertz CT molecular complexity index is 1020. The molecule has 0 bridgehead atoms. The molecule has 150 valence electrons. The maximum Gasteiger partial charge on any atom is 0.339 e. The molecule has 4 rings (SSSR count). The molecular weight excluding hydrogens is 370 g/mol. The third-order valence-corrected chi connectivity index (χ3v) is 5.02. The summed E-state index contributed by atoms with van der Waals surface area (Å²) in [6.07, 6.45) is 6.87. The lowest BCUT2D eigenvalue weighted by atomic mass is 10.1. The van der Waals surface area contributed by atoms with Crippen LogP contribution in [0.25, 0.3) is 0 Å². The fourth-order valence-corrected chi connectivity index (χ4v) is 3.54. The lowest BCUT2D eigenvalue weighted by Crippen LogP contribution is -2.41. The number of imidazole rings is 1. The smallest absolute Gasteiger partial charge is 0.339 e. The first-order valence-corrected chi connectivity index (χ1v) is 9.69. The number of aryl methyl sites for hydroxylation is 1. The van der Waals surface area contributed by atoms with Crippen molar-refractivity contribution < 1.29 is 13.9 Å². The fraction of sp³-hybridized carbons (Fsp3) is 0.318. The van der Waals surface area contributed by atoms with Crippen molar-refractivity contribution in [3.63, 3.8) is 0 Å². The number of rotatable bonds is 5. The van der Waals surface area contributed by atoms with Crippen molar-refractivity contribution >= 4 is 5.91 Å². The molecule has 1 saturated heterocycles. The van der Waals surface area contributed by atoms with Crippen molar-refractivity contribution in [3.8, 4) is 5.75 Å². The van der Waals surface area contributed by atoms with Crippen LogP contribution < -0.4 is 10.4 Å². The predicted octanol–water partition coefficient (Wildman–Crippen LogP) is 2.88. The molecular formula is C22H23N3O4. The summed E-state index contributed by atoms with van der Waals surface area (Å²) in [6, 6.07) is 10.8. The molecule has 1 aromatic carbocycles. The number of carbonyl (C=O) groups is 1. The lowest BCUT2D eigenvalue weighted by molar-refractivity contribution is 0.0594. The highest BCUT2D eigenvalue weighted by molar-refractivity contribution is 5.94. The van der Waals surface area contributed by atoms with Gasteiger partial charge in [0.1, 0.15) is 17.6 Å². The highest BCUT2D eigenvalue weighted by atomic mass is 16.5. The van der Waals surface area contributed by atoms with Crippen LogP contribution >= 0.6 is 0 Å². The van der Waals surface area contributed by atoms with Crippen LogP contribution in [-0.4, -0.2) is 39.6 Å². The minimum atomic E-state index is -0.413. The van der Waals surface area contributed by atoms with Crippen LogP contribution in [0.2, 0.25) is 0 Å². The van der Waals surface area contributed by atoms with E-state index in [0.717, 1.165) is 24.9 Å². The number of hydrogen-bond donors (Lipinski definition) is 0. The van der Waals surface area contributed by atoms with E-state index in [0.29, 0.717) is 30.2 Å². The molecule has 7 nitrogen and oxygen atoms in total. The molecule has 7 heteroatoms. The Morgan fingerprint density at radius 3 is 2.62 bits per heavy atom. The van der Waals surface area contributed by atoms with E-state index < -0.39 is 5.63 Å². The number of aromatic nitrogens is 2. The van der Waals surface area contributed by atoms with E-state index in [1.54, 1.807) is 25.5 Å². The molecule has 1 aliphatic rings. The first-order valence-electron chi connectivity index (χ1n) is 9.69. The van der Waals surface area contributed by atoms with Crippen LogP contribution in [0, 0.1) is 6.92 Å². The van der Waals surface area contributed by atoms with Gasteiger partial charge in [-0.25, -0.2) is 9.78 Å². The van der Waals surface area contributed by atoms with Gasteiger partial charge in [0.2, 0.25) is 0 Å². The summed E-state index contributed by atoms with van der Waals surface area (Å²) in [4.78, 5) is 30.2. The summed E-state index contributed by atoms with van der Waals surface area (Å²) < 4.78 is 12.8. The zero-order valence-corrected chi connectivity index (χ0v) is 16.3. The molecule has 1 amide bonds. The van der Waals surface area contributed by atoms with Gasteiger partial charge in [-0.15, -0.1) is 0 Å². The molecule has 0 saturated carbocycles. The molecule has 2 aromatic heterocycles. The summed E-state index contributed by atoms with van der Waals surface area (Å²) in [5.74, 6) is 1.09. The number of benzene rings is 1. The SMILES string of the molecule is Cc1cc(OC2CCN(C(=O)c3ccc(Cn4ccnc4)cc3)CC2)cc(=O)o1. The summed E-state index contributed by atoms with van der Waals surface area (Å²) in [5, 5.41) is 0. The van der Waals surface area contributed by atoms with Gasteiger partial charge >= 0.3 is 5.63 Å². The quantitative estimate of drug-likeness (QED) is 0.666. The molecule has 0 atom stereocenters. The van der Waals surface area contributed by atoms with Gasteiger partial charge in [-0.1, -0.05) is 12.1 Å². The largest absolute Gasteiger partial charge is 0.490 e. The maximum absolute atomic E-state index is 12.8. The van der Waals surface area contributed by atoms with Crippen molar-refractivity contribution in [1.82, 2.24) is 14.5 Å². The summed E-state index contributed by atoms with van der Waals surface area (Å²) >= 11 is 0. The number of likely N-dealkylation sites (tertiary alicyclic amines) is 1. The van der Waals surface area contributed by atoms with Gasteiger partial charge in [0, 0.05) is 56.5 Å². The predicted molar refractivity (Wildman–Crippen MR) is 107 cm³/mol. The second-order valence-electron chi connectivity index (χ2n) is 7.26. The Morgan fingerprint density at radius 1 is 1.21 bits per heavy atom. The highest BCUT2D eigenvalue weighted by Crippen LogP contribution is 2.20. The summed E-state index contributed by atoms with van der Waals surface area (Å²) in [6.45, 7) is 3.70. The summed E-state index contributed by atoms with van der Waals surface area (Å²) in [7, 11) is 0. The second kappa shape index (κ2) is 8.34. The minimum Gasteiger partial charge on any atom is -0.490 e. The van der Waals surface area contributed by atoms with Gasteiger partial charge < -0.3 is 18.6 Å². The Hall–Kier alpha value is -3.35. The third-order valence-electron chi connectivity index (χ3n) is 5.02. The zero-order valence-electron chi connectivity index (χ0n) is 16.3. The monoisotopic (exact) mass is 393 g/mol. The average molecular weight is 393 g/mol. The van der Waals surface area contributed by atoms with Crippen molar-refractivity contribution in [2.75, 3.05) is 13.1 Å². The first-order chi connectivity index (χ1) is 14.1. The number of hydrogen-bond acceptors (Lipinski definition) is 5. The standard InChI is InChI=1S/C22H23N3O4/c1-16-12-20(13-21(26)28-16)29-19-6-9-25(10-7-19)22(27)18-4-2-17(3-5-18)14-24-11-8-23-15-24/h2-5,8,11-13,15,19H,6-7,9-10,14H2,1H3. The van der Waals surface area contributed by atoms with Gasteiger partial charge in [-0.2, -0.15) is 0 Å². The van der Waals surface area contributed by atoms with Crippen LogP contribution in [0.15, 0.2) is 64.3 Å². The Morgan fingerprint density at radius 2 is 1.97 bits per heavy atom. The molecule has 1 fully saturated rings. The lowest BCUT2D eigenvalue weighted by Gasteiger charge is -2.32. The molecule has 0 radical (unpaired) electrons. The Balaban J connectivity index is 1.32. The molecule has 3 heterocycles. The van der Waals surface area contributed by atoms with Gasteiger partial charge in [0.05, 0.1) is 12.4 Å². The van der Waals surface area contributed by atoms with Crippen LogP contribution in [0.4, 0.5) is 0 Å². The Kier molecular flexibility index (Phi) is 5.46. The average Bonchev–Trinajstić information content (AvgIpc) is 3.21. The number of nitrogens with zero attached hydrogens (tertiary/aromatic N) is 3. The molecule has 0 unspecified atom stereocenters. The number of ether oxygens (including phenoxy) is 1. The summed E-state index contributed by atoms with van der Waals surface area (Å²) in [5.41, 5.74) is 1.40. The van der Waals surface area contributed by atoms with Crippen molar-refractivity contribution in [1.29, 1.82) is 0 Å². The number of amides is 1. The van der Waals surface area contributed by atoms with Gasteiger partial charge in [0.15, 0.2) is 0 Å². The molecule has 0 spiro atoms. The van der Waals surface area contributed by atoms with E-state index >= 15 is 0 Å². The van der Waals surface area contributed by atoms with Crippen molar-refractivity contribution in [3.05, 3.63) is 82.4 Å². The topological polar surface area (TPSA) is 77.6 Å². The van der Waals surface area contributed by atoms with Crippen LogP contribution in [0.5, 0.6) is 5.75 Å².